The van der Waals surface area contributed by atoms with E-state index >= 15 is 0 Å². The summed E-state index contributed by atoms with van der Waals surface area (Å²) in [6, 6.07) is 0. The third-order valence-electron chi connectivity index (χ3n) is 2.71. The summed E-state index contributed by atoms with van der Waals surface area (Å²) >= 11 is 27.4. The molecule has 0 N–H and O–H groups in total. The first-order valence-electron chi connectivity index (χ1n) is 6.70. The van der Waals surface area contributed by atoms with E-state index in [9.17, 15) is 0 Å². The smallest absolute Gasteiger partial charge is 0.00183 e. The van der Waals surface area contributed by atoms with E-state index in [2.05, 4.69) is 27.7 Å². The molecule has 2 aliphatic heterocycles. The summed E-state index contributed by atoms with van der Waals surface area (Å²) in [7, 11) is 0. The Kier molecular flexibility index (Phi) is 12.3. The molecule has 2 heterocycles. The monoisotopic (exact) mass is 502 g/mol. The van der Waals surface area contributed by atoms with Gasteiger partial charge in [0.05, 0.1) is 0 Å². The fraction of sp³-hybridized carbons (Fsp3) is 0.714. The second kappa shape index (κ2) is 11.2. The van der Waals surface area contributed by atoms with Crippen molar-refractivity contribution in [3.63, 3.8) is 0 Å². The van der Waals surface area contributed by atoms with E-state index in [1.54, 1.807) is 47.0 Å². The van der Waals surface area contributed by atoms with Gasteiger partial charge in [0.25, 0.3) is 0 Å². The van der Waals surface area contributed by atoms with Crippen molar-refractivity contribution in [3.05, 3.63) is 16.9 Å². The fourth-order valence-electron chi connectivity index (χ4n) is 1.36. The van der Waals surface area contributed by atoms with Crippen LogP contribution in [0.4, 0.5) is 0 Å². The topological polar surface area (TPSA) is 0 Å². The molecule has 0 aromatic heterocycles. The average molecular weight is 504 g/mol. The molecule has 0 amide bonds. The standard InChI is InChI=1S/2C7H12S4.Ni/c2*1-7(2)3-10-5(8)6(9)11-4-7;/h2*8-9H,3-4H2,1-2H3;/p-4. The van der Waals surface area contributed by atoms with E-state index in [0.29, 0.717) is 10.8 Å². The Morgan fingerprint density at radius 3 is 0.913 bits per heavy atom. The van der Waals surface area contributed by atoms with Gasteiger partial charge in [-0.25, -0.2) is 0 Å². The molecule has 9 heteroatoms. The predicted molar refractivity (Wildman–Crippen MR) is 121 cm³/mol. The van der Waals surface area contributed by atoms with E-state index in [1.807, 2.05) is 0 Å². The molecule has 0 radical (unpaired) electrons. The van der Waals surface area contributed by atoms with Crippen molar-refractivity contribution in [2.75, 3.05) is 23.0 Å². The Morgan fingerprint density at radius 1 is 0.565 bits per heavy atom. The van der Waals surface area contributed by atoms with E-state index in [1.165, 1.54) is 0 Å². The van der Waals surface area contributed by atoms with Crippen LogP contribution in [0, 0.1) is 10.8 Å². The molecule has 0 aromatic carbocycles. The Balaban J connectivity index is 0.000000403. The fourth-order valence-corrected chi connectivity index (χ4v) is 6.71. The van der Waals surface area contributed by atoms with Crippen LogP contribution >= 0.6 is 47.0 Å². The van der Waals surface area contributed by atoms with Crippen LogP contribution in [-0.4, -0.2) is 23.0 Å². The normalized spacial score (nSPS) is 23.8. The van der Waals surface area contributed by atoms with Crippen molar-refractivity contribution in [1.29, 1.82) is 0 Å². The Morgan fingerprint density at radius 2 is 0.739 bits per heavy atom. The van der Waals surface area contributed by atoms with E-state index in [0.717, 1.165) is 40.0 Å². The van der Waals surface area contributed by atoms with Crippen molar-refractivity contribution in [2.24, 2.45) is 10.8 Å². The number of thioether (sulfide) groups is 4. The quantitative estimate of drug-likeness (QED) is 0.313. The molecule has 0 spiro atoms. The molecule has 0 aliphatic carbocycles. The van der Waals surface area contributed by atoms with Crippen LogP contribution in [0.3, 0.4) is 0 Å². The maximum atomic E-state index is 5.12. The molecular weight excluding hydrogens is 483 g/mol. The molecule has 0 bridgehead atoms. The number of rotatable bonds is 0. The van der Waals surface area contributed by atoms with Crippen LogP contribution in [0.1, 0.15) is 27.7 Å². The van der Waals surface area contributed by atoms with Crippen molar-refractivity contribution in [2.45, 2.75) is 27.7 Å². The van der Waals surface area contributed by atoms with Crippen molar-refractivity contribution in [1.82, 2.24) is 0 Å². The Labute approximate surface area is 190 Å². The molecule has 2 aliphatic rings. The molecule has 138 valence electrons. The zero-order valence-corrected chi connectivity index (χ0v) is 20.9. The zero-order chi connectivity index (χ0) is 17.0. The first-order valence-corrected chi connectivity index (χ1v) is 12.3. The van der Waals surface area contributed by atoms with E-state index in [-0.39, 0.29) is 16.5 Å². The summed E-state index contributed by atoms with van der Waals surface area (Å²) in [5, 5.41) is 0. The van der Waals surface area contributed by atoms with Crippen LogP contribution in [0.5, 0.6) is 0 Å². The molecular formula is C14H20NiS8-4. The summed E-state index contributed by atoms with van der Waals surface area (Å²) in [5.74, 6) is 4.38. The van der Waals surface area contributed by atoms with Crippen molar-refractivity contribution < 1.29 is 16.5 Å². The summed E-state index contributed by atoms with van der Waals surface area (Å²) in [6.07, 6.45) is 0. The van der Waals surface area contributed by atoms with Gasteiger partial charge in [-0.15, -0.1) is 0 Å². The van der Waals surface area contributed by atoms with Gasteiger partial charge in [0.1, 0.15) is 0 Å². The molecule has 2 rings (SSSR count). The Hall–Kier alpha value is 2.25. The largest absolute Gasteiger partial charge is 0.774 e. The van der Waals surface area contributed by atoms with Crippen LogP contribution < -0.4 is 0 Å². The van der Waals surface area contributed by atoms with E-state index < -0.39 is 0 Å². The minimum atomic E-state index is 0. The van der Waals surface area contributed by atoms with Crippen LogP contribution in [0.2, 0.25) is 0 Å². The van der Waals surface area contributed by atoms with Gasteiger partial charge in [-0.05, 0) is 10.8 Å². The maximum absolute atomic E-state index is 5.12. The molecule has 0 saturated heterocycles. The van der Waals surface area contributed by atoms with Crippen molar-refractivity contribution in [3.8, 4) is 0 Å². The SMILES string of the molecule is CC1(C)CSC([S-])=C([S-])SC1.CC1(C)CSC([S-])=C([S-])SC1.[Ni]. The third kappa shape index (κ3) is 10.2. The van der Waals surface area contributed by atoms with Crippen LogP contribution in [0.25, 0.3) is 0 Å². The maximum Gasteiger partial charge on any atom is 0.00183 e. The minimum Gasteiger partial charge on any atom is -0.774 e. The first kappa shape index (κ1) is 25.3. The number of hydrogen-bond donors (Lipinski definition) is 0. The summed E-state index contributed by atoms with van der Waals surface area (Å²) in [6.45, 7) is 9.01. The van der Waals surface area contributed by atoms with Gasteiger partial charge >= 0.3 is 0 Å². The number of hydrogen-bond acceptors (Lipinski definition) is 8. The van der Waals surface area contributed by atoms with Gasteiger partial charge < -0.3 is 50.5 Å². The zero-order valence-electron chi connectivity index (χ0n) is 13.4. The summed E-state index contributed by atoms with van der Waals surface area (Å²) in [4.78, 5) is 0. The van der Waals surface area contributed by atoms with Gasteiger partial charge in [0.15, 0.2) is 0 Å². The minimum absolute atomic E-state index is 0. The Bertz CT molecular complexity index is 378. The van der Waals surface area contributed by atoms with Gasteiger partial charge in [0.2, 0.25) is 0 Å². The van der Waals surface area contributed by atoms with Gasteiger partial charge in [-0.3, -0.25) is 0 Å². The van der Waals surface area contributed by atoms with E-state index in [4.69, 9.17) is 50.5 Å². The summed E-state index contributed by atoms with van der Waals surface area (Å²) < 4.78 is 3.65. The first-order chi connectivity index (χ1) is 10.0. The molecule has 0 atom stereocenters. The van der Waals surface area contributed by atoms with Crippen LogP contribution in [0.15, 0.2) is 16.9 Å². The molecule has 0 saturated carbocycles. The van der Waals surface area contributed by atoms with Gasteiger partial charge in [-0.2, -0.15) is 64.0 Å². The summed E-state index contributed by atoms with van der Waals surface area (Å²) in [5.41, 5.74) is 0.750. The molecule has 0 fully saturated rings. The molecule has 23 heavy (non-hydrogen) atoms. The second-order valence-electron chi connectivity index (χ2n) is 6.63. The average Bonchev–Trinajstić information content (AvgIpc) is 2.63. The predicted octanol–water partition coefficient (Wildman–Crippen LogP) is 5.42. The molecule has 0 unspecified atom stereocenters. The van der Waals surface area contributed by atoms with Gasteiger partial charge in [0, 0.05) is 39.5 Å². The third-order valence-corrected chi connectivity index (χ3v) is 11.5. The second-order valence-corrected chi connectivity index (χ2v) is 13.2. The van der Waals surface area contributed by atoms with Crippen molar-refractivity contribution >= 4 is 97.6 Å². The molecule has 0 aromatic rings. The van der Waals surface area contributed by atoms with Crippen LogP contribution in [-0.2, 0) is 67.0 Å². The molecule has 0 nitrogen and oxygen atoms in total. The van der Waals surface area contributed by atoms with Gasteiger partial charge in [-0.1, -0.05) is 27.7 Å².